The lowest BCUT2D eigenvalue weighted by atomic mass is 10.1. The minimum Gasteiger partial charge on any atom is -0.469 e. The Balaban J connectivity index is 5.60. The van der Waals surface area contributed by atoms with Crippen LogP contribution in [0.1, 0.15) is 60.8 Å². The highest BCUT2D eigenvalue weighted by Gasteiger charge is 2.42. The van der Waals surface area contributed by atoms with Crippen molar-refractivity contribution < 1.29 is 18.4 Å². The lowest BCUT2D eigenvalue weighted by molar-refractivity contribution is -0.142. The number of hydrogen-bond acceptors (Lipinski definition) is 4. The summed E-state index contributed by atoms with van der Waals surface area (Å²) in [5, 5.41) is 0.219. The van der Waals surface area contributed by atoms with Crippen LogP contribution >= 0.6 is 22.6 Å². The smallest absolute Gasteiger partial charge is 0.308 e. The quantitative estimate of drug-likeness (QED) is 0.168. The highest BCUT2D eigenvalue weighted by Crippen LogP contribution is 2.40. The second-order valence-corrected chi connectivity index (χ2v) is 20.8. The molecule has 0 saturated carbocycles. The molecule has 28 heavy (non-hydrogen) atoms. The number of carbonyl (C=O) groups is 1. The highest BCUT2D eigenvalue weighted by molar-refractivity contribution is 14.1. The van der Waals surface area contributed by atoms with Crippen molar-refractivity contribution in [2.75, 3.05) is 7.11 Å². The lowest BCUT2D eigenvalue weighted by Gasteiger charge is -2.42. The molecule has 166 valence electrons. The van der Waals surface area contributed by atoms with Gasteiger partial charge in [0.15, 0.2) is 16.6 Å². The summed E-state index contributed by atoms with van der Waals surface area (Å²) in [7, 11) is -2.50. The fourth-order valence-electron chi connectivity index (χ4n) is 2.32. The van der Waals surface area contributed by atoms with Crippen molar-refractivity contribution in [2.24, 2.45) is 0 Å². The summed E-state index contributed by atoms with van der Waals surface area (Å²) in [5.41, 5.74) is 0. The molecule has 0 bridgehead atoms. The van der Waals surface area contributed by atoms with Gasteiger partial charge in [-0.15, -0.1) is 0 Å². The van der Waals surface area contributed by atoms with Gasteiger partial charge in [-0.1, -0.05) is 70.2 Å². The van der Waals surface area contributed by atoms with Crippen molar-refractivity contribution in [3.05, 3.63) is 10.2 Å². The molecule has 0 aromatic carbocycles. The molecule has 0 aliphatic heterocycles. The van der Waals surface area contributed by atoms with Crippen LogP contribution < -0.4 is 0 Å². The number of carbonyl (C=O) groups excluding carboxylic acids is 1. The Hall–Kier alpha value is 0.294. The van der Waals surface area contributed by atoms with E-state index in [9.17, 15) is 4.79 Å². The summed E-state index contributed by atoms with van der Waals surface area (Å²) in [6, 6.07) is 0. The number of hydrogen-bond donors (Lipinski definition) is 0. The zero-order valence-electron chi connectivity index (χ0n) is 19.9. The third-order valence-corrected chi connectivity index (χ3v) is 15.7. The van der Waals surface area contributed by atoms with E-state index in [1.807, 2.05) is 4.08 Å². The van der Waals surface area contributed by atoms with E-state index < -0.39 is 16.6 Å². The Bertz CT molecular complexity index is 519. The standard InChI is InChI=1S/C21H43IO4Si2/c1-20(2,3)27(8,9)25-17(13-12-14-22)15-18(16-19(23)24-7)26-28(10,11)21(4,5)6/h12,14,17-18H,13,15-16H2,1-11H3/b14-12+/t17-,18-/m1/s1. The summed E-state index contributed by atoms with van der Waals surface area (Å²) < 4.78 is 20.3. The molecule has 4 nitrogen and oxygen atoms in total. The largest absolute Gasteiger partial charge is 0.469 e. The van der Waals surface area contributed by atoms with Crippen LogP contribution in [0.15, 0.2) is 10.2 Å². The molecule has 2 atom stereocenters. The molecule has 0 saturated heterocycles. The topological polar surface area (TPSA) is 44.8 Å². The van der Waals surface area contributed by atoms with Crippen molar-refractivity contribution in [3.8, 4) is 0 Å². The van der Waals surface area contributed by atoms with Crippen LogP contribution in [0.2, 0.25) is 36.3 Å². The van der Waals surface area contributed by atoms with Crippen molar-refractivity contribution >= 4 is 45.2 Å². The number of esters is 1. The van der Waals surface area contributed by atoms with Gasteiger partial charge in [0, 0.05) is 0 Å². The van der Waals surface area contributed by atoms with E-state index in [-0.39, 0.29) is 34.7 Å². The molecule has 0 aliphatic carbocycles. The van der Waals surface area contributed by atoms with Gasteiger partial charge >= 0.3 is 5.97 Å². The van der Waals surface area contributed by atoms with E-state index in [1.54, 1.807) is 0 Å². The average molecular weight is 543 g/mol. The van der Waals surface area contributed by atoms with Crippen LogP contribution in [0.3, 0.4) is 0 Å². The zero-order valence-corrected chi connectivity index (χ0v) is 24.1. The molecular formula is C21H43IO4Si2. The Morgan fingerprint density at radius 2 is 1.36 bits per heavy atom. The first kappa shape index (κ1) is 28.3. The maximum atomic E-state index is 12.1. The number of methoxy groups -OCH3 is 1. The molecule has 0 fully saturated rings. The van der Waals surface area contributed by atoms with Crippen molar-refractivity contribution in [1.82, 2.24) is 0 Å². The molecule has 0 unspecified atom stereocenters. The van der Waals surface area contributed by atoms with Crippen LogP contribution in [-0.4, -0.2) is 41.9 Å². The molecule has 7 heteroatoms. The molecule has 0 aromatic rings. The van der Waals surface area contributed by atoms with E-state index in [0.29, 0.717) is 6.42 Å². The third kappa shape index (κ3) is 9.40. The van der Waals surface area contributed by atoms with Crippen LogP contribution in [-0.2, 0) is 18.4 Å². The summed E-state index contributed by atoms with van der Waals surface area (Å²) in [6.45, 7) is 22.4. The second-order valence-electron chi connectivity index (χ2n) is 10.6. The van der Waals surface area contributed by atoms with Gasteiger partial charge in [-0.25, -0.2) is 0 Å². The van der Waals surface area contributed by atoms with Crippen LogP contribution in [0, 0.1) is 0 Å². The van der Waals surface area contributed by atoms with Crippen molar-refractivity contribution in [2.45, 2.75) is 109 Å². The van der Waals surface area contributed by atoms with Crippen LogP contribution in [0.25, 0.3) is 0 Å². The normalized spacial score (nSPS) is 16.3. The van der Waals surface area contributed by atoms with E-state index in [4.69, 9.17) is 13.6 Å². The summed E-state index contributed by atoms with van der Waals surface area (Å²) >= 11 is 2.24. The van der Waals surface area contributed by atoms with Crippen LogP contribution in [0.4, 0.5) is 0 Å². The van der Waals surface area contributed by atoms with E-state index >= 15 is 0 Å². The molecule has 0 rings (SSSR count). The maximum absolute atomic E-state index is 12.1. The highest BCUT2D eigenvalue weighted by atomic mass is 127. The average Bonchev–Trinajstić information content (AvgIpc) is 2.49. The number of ether oxygens (including phenoxy) is 1. The fourth-order valence-corrected chi connectivity index (χ4v) is 5.36. The molecule has 0 spiro atoms. The molecule has 0 heterocycles. The maximum Gasteiger partial charge on any atom is 0.308 e. The number of halogens is 1. The third-order valence-electron chi connectivity index (χ3n) is 6.17. The van der Waals surface area contributed by atoms with Gasteiger partial charge < -0.3 is 13.6 Å². The Labute approximate surface area is 189 Å². The Kier molecular flexibility index (Phi) is 11.2. The van der Waals surface area contributed by atoms with Gasteiger partial charge in [0.25, 0.3) is 0 Å². The zero-order chi connectivity index (χ0) is 22.4. The Morgan fingerprint density at radius 1 is 0.929 bits per heavy atom. The van der Waals surface area contributed by atoms with Crippen molar-refractivity contribution in [1.29, 1.82) is 0 Å². The molecular weight excluding hydrogens is 499 g/mol. The lowest BCUT2D eigenvalue weighted by Crippen LogP contribution is -2.47. The second kappa shape index (κ2) is 11.1. The number of rotatable bonds is 10. The van der Waals surface area contributed by atoms with Gasteiger partial charge in [-0.3, -0.25) is 4.79 Å². The van der Waals surface area contributed by atoms with Gasteiger partial charge in [-0.05, 0) is 53.2 Å². The van der Waals surface area contributed by atoms with Gasteiger partial charge in [0.2, 0.25) is 0 Å². The van der Waals surface area contributed by atoms with Gasteiger partial charge in [-0.2, -0.15) is 0 Å². The summed E-state index contributed by atoms with van der Waals surface area (Å²) in [6.07, 6.45) is 3.79. The summed E-state index contributed by atoms with van der Waals surface area (Å²) in [4.78, 5) is 12.1. The minimum absolute atomic E-state index is 0.0336. The first-order valence-corrected chi connectivity index (χ1v) is 17.2. The molecule has 0 aromatic heterocycles. The van der Waals surface area contributed by atoms with E-state index in [1.165, 1.54) is 7.11 Å². The first-order chi connectivity index (χ1) is 12.5. The van der Waals surface area contributed by atoms with Crippen molar-refractivity contribution in [3.63, 3.8) is 0 Å². The molecule has 0 aliphatic rings. The first-order valence-electron chi connectivity index (χ1n) is 10.1. The molecule has 0 radical (unpaired) electrons. The van der Waals surface area contributed by atoms with Crippen LogP contribution in [0.5, 0.6) is 0 Å². The Morgan fingerprint density at radius 3 is 1.71 bits per heavy atom. The fraction of sp³-hybridized carbons (Fsp3) is 0.857. The molecule has 0 N–H and O–H groups in total. The van der Waals surface area contributed by atoms with E-state index in [0.717, 1.165) is 6.42 Å². The van der Waals surface area contributed by atoms with Gasteiger partial charge in [0.1, 0.15) is 0 Å². The molecule has 0 amide bonds. The SMILES string of the molecule is COC(=O)C[C@@H](C[C@@H](C/C=C/I)O[Si](C)(C)C(C)(C)C)O[Si](C)(C)C(C)(C)C. The summed E-state index contributed by atoms with van der Waals surface area (Å²) in [5.74, 6) is -0.223. The minimum atomic E-state index is -2.01. The van der Waals surface area contributed by atoms with Gasteiger partial charge in [0.05, 0.1) is 25.7 Å². The van der Waals surface area contributed by atoms with E-state index in [2.05, 4.69) is 96.4 Å². The monoisotopic (exact) mass is 542 g/mol. The predicted octanol–water partition coefficient (Wildman–Crippen LogP) is 7.06. The predicted molar refractivity (Wildman–Crippen MR) is 133 cm³/mol.